The van der Waals surface area contributed by atoms with Crippen molar-refractivity contribution in [2.45, 2.75) is 13.5 Å². The number of ether oxygens (including phenoxy) is 1. The smallest absolute Gasteiger partial charge is 0.253 e. The van der Waals surface area contributed by atoms with E-state index in [1.165, 1.54) is 12.1 Å². The first-order valence-electron chi connectivity index (χ1n) is 10.0. The van der Waals surface area contributed by atoms with Crippen molar-refractivity contribution in [2.75, 3.05) is 7.11 Å². The zero-order valence-corrected chi connectivity index (χ0v) is 17.4. The molecule has 0 fully saturated rings. The summed E-state index contributed by atoms with van der Waals surface area (Å²) in [6.07, 6.45) is 0. The summed E-state index contributed by atoms with van der Waals surface area (Å²) in [5, 5.41) is 2.94. The van der Waals surface area contributed by atoms with E-state index in [4.69, 9.17) is 4.74 Å². The van der Waals surface area contributed by atoms with Crippen LogP contribution in [0.15, 0.2) is 84.9 Å². The second-order valence-electron chi connectivity index (χ2n) is 7.24. The summed E-state index contributed by atoms with van der Waals surface area (Å²) in [6.45, 7) is 2.26. The Morgan fingerprint density at radius 3 is 2.42 bits per heavy atom. The van der Waals surface area contributed by atoms with E-state index in [2.05, 4.69) is 9.88 Å². The number of nitrogens with zero attached hydrogens (tertiary/aromatic N) is 1. The van der Waals surface area contributed by atoms with Crippen molar-refractivity contribution in [3.8, 4) is 22.7 Å². The highest BCUT2D eigenvalue weighted by atomic mass is 19.1. The first-order valence-corrected chi connectivity index (χ1v) is 10.0. The molecule has 0 unspecified atom stereocenters. The Labute approximate surface area is 180 Å². The third-order valence-electron chi connectivity index (χ3n) is 5.24. The fourth-order valence-electron chi connectivity index (χ4n) is 3.62. The first-order chi connectivity index (χ1) is 15.1. The minimum absolute atomic E-state index is 0.180. The molecule has 0 aliphatic heterocycles. The molecule has 1 N–H and O–H groups in total. The van der Waals surface area contributed by atoms with Crippen molar-refractivity contribution in [3.63, 3.8) is 0 Å². The van der Waals surface area contributed by atoms with Crippen LogP contribution < -0.4 is 10.1 Å². The molecule has 4 nitrogen and oxygen atoms in total. The van der Waals surface area contributed by atoms with Gasteiger partial charge in [0.25, 0.3) is 5.91 Å². The molecule has 1 aromatic heterocycles. The Kier molecular flexibility index (Phi) is 5.85. The van der Waals surface area contributed by atoms with Gasteiger partial charge < -0.3 is 14.6 Å². The third-order valence-corrected chi connectivity index (χ3v) is 5.24. The lowest BCUT2D eigenvalue weighted by Gasteiger charge is -2.13. The maximum absolute atomic E-state index is 13.1. The van der Waals surface area contributed by atoms with E-state index < -0.39 is 0 Å². The van der Waals surface area contributed by atoms with Crippen LogP contribution in [0.5, 0.6) is 5.75 Å². The van der Waals surface area contributed by atoms with Crippen LogP contribution in [0.1, 0.15) is 21.6 Å². The number of carbonyl (C=O) groups is 1. The molecule has 0 aliphatic carbocycles. The molecule has 0 atom stereocenters. The van der Waals surface area contributed by atoms with E-state index in [1.54, 1.807) is 19.2 Å². The van der Waals surface area contributed by atoms with Gasteiger partial charge in [0.2, 0.25) is 0 Å². The van der Waals surface area contributed by atoms with E-state index >= 15 is 0 Å². The number of para-hydroxylation sites is 1. The number of benzene rings is 3. The number of nitrogens with one attached hydrogen (secondary N) is 1. The second kappa shape index (κ2) is 8.88. The van der Waals surface area contributed by atoms with Crippen LogP contribution in [0.4, 0.5) is 4.39 Å². The van der Waals surface area contributed by atoms with Crippen LogP contribution in [0.25, 0.3) is 16.9 Å². The van der Waals surface area contributed by atoms with Gasteiger partial charge in [-0.05, 0) is 55.0 Å². The van der Waals surface area contributed by atoms with Gasteiger partial charge in [0.15, 0.2) is 0 Å². The lowest BCUT2D eigenvalue weighted by Crippen LogP contribution is -2.23. The van der Waals surface area contributed by atoms with Crippen molar-refractivity contribution >= 4 is 5.91 Å². The molecule has 1 heterocycles. The van der Waals surface area contributed by atoms with Crippen molar-refractivity contribution in [3.05, 3.63) is 108 Å². The number of aromatic nitrogens is 1. The van der Waals surface area contributed by atoms with E-state index in [0.717, 1.165) is 34.0 Å². The molecule has 0 saturated heterocycles. The summed E-state index contributed by atoms with van der Waals surface area (Å²) in [6, 6.07) is 25.7. The largest absolute Gasteiger partial charge is 0.497 e. The van der Waals surface area contributed by atoms with Crippen LogP contribution in [0, 0.1) is 12.7 Å². The molecule has 4 rings (SSSR count). The predicted octanol–water partition coefficient (Wildman–Crippen LogP) is 5.53. The summed E-state index contributed by atoms with van der Waals surface area (Å²) >= 11 is 0. The molecule has 0 radical (unpaired) electrons. The van der Waals surface area contributed by atoms with Crippen LogP contribution in [-0.4, -0.2) is 17.6 Å². The molecule has 0 aliphatic rings. The van der Waals surface area contributed by atoms with Gasteiger partial charge in [-0.2, -0.15) is 0 Å². The zero-order chi connectivity index (χ0) is 21.8. The molecule has 156 valence electrons. The number of halogens is 1. The van der Waals surface area contributed by atoms with E-state index in [1.807, 2.05) is 67.6 Å². The van der Waals surface area contributed by atoms with Crippen molar-refractivity contribution < 1.29 is 13.9 Å². The summed E-state index contributed by atoms with van der Waals surface area (Å²) in [5.74, 6) is 0.271. The summed E-state index contributed by atoms with van der Waals surface area (Å²) in [4.78, 5) is 13.0. The van der Waals surface area contributed by atoms with Gasteiger partial charge >= 0.3 is 0 Å². The van der Waals surface area contributed by atoms with Crippen LogP contribution in [0.3, 0.4) is 0 Å². The van der Waals surface area contributed by atoms with Gasteiger partial charge in [0, 0.05) is 23.5 Å². The van der Waals surface area contributed by atoms with Gasteiger partial charge in [-0.25, -0.2) is 4.39 Å². The second-order valence-corrected chi connectivity index (χ2v) is 7.24. The molecule has 0 spiro atoms. The first kappa shape index (κ1) is 20.4. The number of hydrogen-bond donors (Lipinski definition) is 1. The maximum Gasteiger partial charge on any atom is 0.253 e. The van der Waals surface area contributed by atoms with E-state index in [0.29, 0.717) is 12.1 Å². The van der Waals surface area contributed by atoms with Crippen molar-refractivity contribution in [1.29, 1.82) is 0 Å². The topological polar surface area (TPSA) is 43.3 Å². The van der Waals surface area contributed by atoms with Gasteiger partial charge in [-0.15, -0.1) is 0 Å². The monoisotopic (exact) mass is 414 g/mol. The number of hydrogen-bond acceptors (Lipinski definition) is 2. The lowest BCUT2D eigenvalue weighted by atomic mass is 10.1. The fourth-order valence-corrected chi connectivity index (χ4v) is 3.62. The van der Waals surface area contributed by atoms with E-state index in [-0.39, 0.29) is 11.7 Å². The van der Waals surface area contributed by atoms with Crippen molar-refractivity contribution in [2.24, 2.45) is 0 Å². The zero-order valence-electron chi connectivity index (χ0n) is 17.4. The van der Waals surface area contributed by atoms with Crippen LogP contribution >= 0.6 is 0 Å². The lowest BCUT2D eigenvalue weighted by molar-refractivity contribution is 0.0950. The number of methoxy groups -OCH3 is 1. The molecule has 3 aromatic carbocycles. The molecular weight excluding hydrogens is 391 g/mol. The molecule has 0 saturated carbocycles. The SMILES string of the molecule is COc1cccc(-c2cc(C(=O)NCc3ccc(F)cc3)c(C)n2-c2ccccc2)c1. The minimum atomic E-state index is -0.297. The van der Waals surface area contributed by atoms with Gasteiger partial charge in [-0.1, -0.05) is 42.5 Å². The summed E-state index contributed by atoms with van der Waals surface area (Å²) in [7, 11) is 1.63. The molecular formula is C26H23FN2O2. The number of rotatable bonds is 6. The van der Waals surface area contributed by atoms with E-state index in [9.17, 15) is 9.18 Å². The molecule has 0 bridgehead atoms. The standard InChI is InChI=1S/C26H23FN2O2/c1-18-24(26(30)28-17-19-11-13-21(27)14-12-19)16-25(20-7-6-10-23(15-20)31-2)29(18)22-8-4-3-5-9-22/h3-16H,17H2,1-2H3,(H,28,30). The Hall–Kier alpha value is -3.86. The fraction of sp³-hybridized carbons (Fsp3) is 0.115. The Morgan fingerprint density at radius 2 is 1.71 bits per heavy atom. The molecule has 31 heavy (non-hydrogen) atoms. The average Bonchev–Trinajstić information content (AvgIpc) is 3.16. The third kappa shape index (κ3) is 4.36. The Bertz CT molecular complexity index is 1200. The maximum atomic E-state index is 13.1. The number of amides is 1. The van der Waals surface area contributed by atoms with Crippen LogP contribution in [0.2, 0.25) is 0 Å². The Balaban J connectivity index is 1.72. The molecule has 4 aromatic rings. The average molecular weight is 414 g/mol. The normalized spacial score (nSPS) is 10.7. The van der Waals surface area contributed by atoms with Crippen molar-refractivity contribution in [1.82, 2.24) is 9.88 Å². The summed E-state index contributed by atoms with van der Waals surface area (Å²) < 4.78 is 20.6. The summed E-state index contributed by atoms with van der Waals surface area (Å²) in [5.41, 5.74) is 5.07. The molecule has 5 heteroatoms. The highest BCUT2D eigenvalue weighted by molar-refractivity contribution is 5.97. The molecule has 1 amide bonds. The van der Waals surface area contributed by atoms with Gasteiger partial charge in [-0.3, -0.25) is 4.79 Å². The minimum Gasteiger partial charge on any atom is -0.497 e. The predicted molar refractivity (Wildman–Crippen MR) is 120 cm³/mol. The van der Waals surface area contributed by atoms with Gasteiger partial charge in [0.05, 0.1) is 18.4 Å². The van der Waals surface area contributed by atoms with Crippen LogP contribution in [-0.2, 0) is 6.54 Å². The number of carbonyl (C=O) groups excluding carboxylic acids is 1. The highest BCUT2D eigenvalue weighted by Gasteiger charge is 2.19. The Morgan fingerprint density at radius 1 is 0.968 bits per heavy atom. The van der Waals surface area contributed by atoms with Gasteiger partial charge in [0.1, 0.15) is 11.6 Å². The quantitative estimate of drug-likeness (QED) is 0.451. The highest BCUT2D eigenvalue weighted by Crippen LogP contribution is 2.31.